The van der Waals surface area contributed by atoms with Gasteiger partial charge in [0.05, 0.1) is 0 Å². The molecule has 2 saturated heterocycles. The second kappa shape index (κ2) is 17.9. The van der Waals surface area contributed by atoms with Gasteiger partial charge in [-0.3, -0.25) is 4.79 Å². The standard InChI is InChI=1S/C24H34N2O4.C20H30N2O3/c1-24(2,3)30-23(28)26-14-10-20(11-15-26)29-21-7-6-17-8-12-25(13-9-19(17)16-21)22(27)18-4-5-18;1-20(2,3)25-19(23)22-12-8-17(9-13-22)24-18-5-4-15-6-10-21-11-7-16(15)14-18/h6-7,16,18,20H,4-5,8-15H2,1-3H3;4-5,14,17,21H,6-13H2,1-3H3. The number of nitrogens with one attached hydrogen (secondary N) is 1. The summed E-state index contributed by atoms with van der Waals surface area (Å²) in [7, 11) is 0. The minimum Gasteiger partial charge on any atom is -0.490 e. The second-order valence-electron chi connectivity index (χ2n) is 17.8. The van der Waals surface area contributed by atoms with Crippen LogP contribution in [-0.4, -0.2) is 109 Å². The fourth-order valence-electron chi connectivity index (χ4n) is 7.66. The van der Waals surface area contributed by atoms with Crippen LogP contribution in [0.4, 0.5) is 9.59 Å². The van der Waals surface area contributed by atoms with Gasteiger partial charge in [0.2, 0.25) is 5.91 Å². The van der Waals surface area contributed by atoms with E-state index in [9.17, 15) is 14.4 Å². The fraction of sp³-hybridized carbons (Fsp3) is 0.659. The number of fused-ring (bicyclic) bond motifs is 2. The number of hydrogen-bond acceptors (Lipinski definition) is 8. The number of hydrogen-bond donors (Lipinski definition) is 1. The summed E-state index contributed by atoms with van der Waals surface area (Å²) in [6.45, 7) is 17.8. The molecule has 11 heteroatoms. The van der Waals surface area contributed by atoms with E-state index >= 15 is 0 Å². The summed E-state index contributed by atoms with van der Waals surface area (Å²) in [6, 6.07) is 12.9. The molecular weight excluding hydrogens is 697 g/mol. The van der Waals surface area contributed by atoms with Gasteiger partial charge in [0, 0.05) is 70.9 Å². The number of nitrogens with zero attached hydrogens (tertiary/aromatic N) is 3. The van der Waals surface area contributed by atoms with E-state index in [-0.39, 0.29) is 30.3 Å². The number of benzene rings is 2. The van der Waals surface area contributed by atoms with Gasteiger partial charge in [-0.15, -0.1) is 0 Å². The quantitative estimate of drug-likeness (QED) is 0.349. The summed E-state index contributed by atoms with van der Waals surface area (Å²) in [5, 5.41) is 3.44. The maximum absolute atomic E-state index is 12.4. The molecule has 0 aromatic heterocycles. The number of ether oxygens (including phenoxy) is 4. The molecule has 11 nitrogen and oxygen atoms in total. The number of piperidine rings is 2. The van der Waals surface area contributed by atoms with Crippen LogP contribution in [0.15, 0.2) is 36.4 Å². The van der Waals surface area contributed by atoms with Gasteiger partial charge in [-0.1, -0.05) is 12.1 Å². The minimum absolute atomic E-state index is 0.112. The lowest BCUT2D eigenvalue weighted by Crippen LogP contribution is -2.44. The molecule has 1 saturated carbocycles. The first kappa shape index (κ1) is 40.7. The van der Waals surface area contributed by atoms with Gasteiger partial charge < -0.3 is 39.0 Å². The Morgan fingerprint density at radius 2 is 0.964 bits per heavy atom. The lowest BCUT2D eigenvalue weighted by Gasteiger charge is -2.33. The van der Waals surface area contributed by atoms with Crippen LogP contribution in [-0.2, 0) is 40.0 Å². The zero-order chi connectivity index (χ0) is 39.2. The van der Waals surface area contributed by atoms with Crippen LogP contribution < -0.4 is 14.8 Å². The molecule has 55 heavy (non-hydrogen) atoms. The normalized spacial score (nSPS) is 19.8. The summed E-state index contributed by atoms with van der Waals surface area (Å²) in [6.07, 6.45) is 9.20. The molecule has 2 aromatic rings. The van der Waals surface area contributed by atoms with Crippen molar-refractivity contribution in [3.05, 3.63) is 58.7 Å². The van der Waals surface area contributed by atoms with E-state index in [4.69, 9.17) is 18.9 Å². The highest BCUT2D eigenvalue weighted by atomic mass is 16.6. The molecule has 0 radical (unpaired) electrons. The number of rotatable bonds is 5. The van der Waals surface area contributed by atoms with Crippen LogP contribution in [0.25, 0.3) is 0 Å². The highest BCUT2D eigenvalue weighted by molar-refractivity contribution is 5.81. The predicted molar refractivity (Wildman–Crippen MR) is 213 cm³/mol. The van der Waals surface area contributed by atoms with Crippen molar-refractivity contribution in [1.29, 1.82) is 0 Å². The van der Waals surface area contributed by atoms with E-state index in [2.05, 4.69) is 41.7 Å². The van der Waals surface area contributed by atoms with Gasteiger partial charge >= 0.3 is 12.2 Å². The average molecular weight is 761 g/mol. The van der Waals surface area contributed by atoms with Gasteiger partial charge in [-0.2, -0.15) is 0 Å². The molecule has 7 rings (SSSR count). The summed E-state index contributed by atoms with van der Waals surface area (Å²) >= 11 is 0. The Morgan fingerprint density at radius 1 is 0.545 bits per heavy atom. The molecule has 0 atom stereocenters. The summed E-state index contributed by atoms with van der Waals surface area (Å²) in [5.74, 6) is 2.48. The number of carbonyl (C=O) groups is 3. The molecule has 3 amide bonds. The van der Waals surface area contributed by atoms with Gasteiger partial charge in [0.1, 0.15) is 34.9 Å². The zero-order valence-electron chi connectivity index (χ0n) is 34.1. The van der Waals surface area contributed by atoms with Crippen molar-refractivity contribution in [3.63, 3.8) is 0 Å². The van der Waals surface area contributed by atoms with Crippen LogP contribution in [0.1, 0.15) is 102 Å². The largest absolute Gasteiger partial charge is 0.490 e. The van der Waals surface area contributed by atoms with Crippen molar-refractivity contribution in [2.75, 3.05) is 52.4 Å². The molecule has 5 aliphatic rings. The molecule has 0 spiro atoms. The molecule has 302 valence electrons. The topological polar surface area (TPSA) is 110 Å². The Morgan fingerprint density at radius 3 is 1.42 bits per heavy atom. The van der Waals surface area contributed by atoms with E-state index < -0.39 is 11.2 Å². The Kier molecular flexibility index (Phi) is 13.2. The average Bonchev–Trinajstić information content (AvgIpc) is 4.01. The number of likely N-dealkylation sites (tertiary alicyclic amines) is 2. The van der Waals surface area contributed by atoms with Crippen molar-refractivity contribution in [3.8, 4) is 11.5 Å². The molecule has 0 bridgehead atoms. The van der Waals surface area contributed by atoms with Crippen LogP contribution in [0.3, 0.4) is 0 Å². The first-order chi connectivity index (χ1) is 26.2. The van der Waals surface area contributed by atoms with Crippen molar-refractivity contribution >= 4 is 18.1 Å². The van der Waals surface area contributed by atoms with E-state index in [1.165, 1.54) is 22.3 Å². The highest BCUT2D eigenvalue weighted by Crippen LogP contribution is 2.32. The maximum atomic E-state index is 12.4. The van der Waals surface area contributed by atoms with E-state index in [1.54, 1.807) is 9.80 Å². The molecule has 4 aliphatic heterocycles. The zero-order valence-corrected chi connectivity index (χ0v) is 34.1. The number of amides is 3. The third kappa shape index (κ3) is 12.2. The summed E-state index contributed by atoms with van der Waals surface area (Å²) in [4.78, 5) is 42.4. The van der Waals surface area contributed by atoms with Crippen molar-refractivity contribution < 1.29 is 33.3 Å². The first-order valence-electron chi connectivity index (χ1n) is 20.7. The fourth-order valence-corrected chi connectivity index (χ4v) is 7.66. The smallest absolute Gasteiger partial charge is 0.410 e. The highest BCUT2D eigenvalue weighted by Gasteiger charge is 2.34. The third-order valence-corrected chi connectivity index (χ3v) is 10.8. The summed E-state index contributed by atoms with van der Waals surface area (Å²) in [5.41, 5.74) is 4.54. The molecule has 4 heterocycles. The van der Waals surface area contributed by atoms with Gasteiger partial charge in [0.15, 0.2) is 0 Å². The third-order valence-electron chi connectivity index (χ3n) is 10.8. The van der Waals surface area contributed by atoms with E-state index in [0.29, 0.717) is 32.1 Å². The molecule has 2 aromatic carbocycles. The van der Waals surface area contributed by atoms with Gasteiger partial charge in [0.25, 0.3) is 0 Å². The summed E-state index contributed by atoms with van der Waals surface area (Å²) < 4.78 is 23.4. The SMILES string of the molecule is CC(C)(C)OC(=O)N1CCC(Oc2ccc3c(c2)CCN(C(=O)C2CC2)CC3)CC1.CC(C)(C)OC(=O)N1CCC(Oc2ccc3c(c2)CCNCC3)CC1. The molecule has 1 aliphatic carbocycles. The van der Waals surface area contributed by atoms with E-state index in [1.807, 2.05) is 46.4 Å². The predicted octanol–water partition coefficient (Wildman–Crippen LogP) is 6.96. The minimum atomic E-state index is -0.467. The van der Waals surface area contributed by atoms with Crippen LogP contribution in [0.5, 0.6) is 11.5 Å². The second-order valence-corrected chi connectivity index (χ2v) is 17.8. The van der Waals surface area contributed by atoms with Crippen LogP contribution in [0, 0.1) is 5.92 Å². The Balaban J connectivity index is 0.000000190. The molecule has 3 fully saturated rings. The number of carbonyl (C=O) groups excluding carboxylic acids is 3. The maximum Gasteiger partial charge on any atom is 0.410 e. The first-order valence-corrected chi connectivity index (χ1v) is 20.7. The van der Waals surface area contributed by atoms with E-state index in [0.717, 1.165) is 102 Å². The van der Waals surface area contributed by atoms with Gasteiger partial charge in [-0.25, -0.2) is 9.59 Å². The van der Waals surface area contributed by atoms with Crippen LogP contribution in [0.2, 0.25) is 0 Å². The molecule has 0 unspecified atom stereocenters. The van der Waals surface area contributed by atoms with Crippen molar-refractivity contribution in [2.45, 2.75) is 129 Å². The van der Waals surface area contributed by atoms with Crippen LogP contribution >= 0.6 is 0 Å². The van der Waals surface area contributed by atoms with Crippen molar-refractivity contribution in [2.24, 2.45) is 5.92 Å². The lowest BCUT2D eigenvalue weighted by molar-refractivity contribution is -0.132. The Hall–Kier alpha value is -3.99. The Bertz CT molecular complexity index is 1630. The molecule has 1 N–H and O–H groups in total. The lowest BCUT2D eigenvalue weighted by atomic mass is 10.0. The van der Waals surface area contributed by atoms with Gasteiger partial charge in [-0.05, 0) is 140 Å². The Labute approximate surface area is 328 Å². The monoisotopic (exact) mass is 760 g/mol. The molecular formula is C44H64N4O7. The van der Waals surface area contributed by atoms with Crippen molar-refractivity contribution in [1.82, 2.24) is 20.0 Å².